The fraction of sp³-hybridized carbons (Fsp3) is 0.182. The van der Waals surface area contributed by atoms with Crippen LogP contribution in [0.4, 0.5) is 0 Å². The largest absolute Gasteiger partial charge is 0.508 e. The second-order valence-corrected chi connectivity index (χ2v) is 5.65. The molecule has 0 aliphatic carbocycles. The first-order valence-electron chi connectivity index (χ1n) is 8.97. The summed E-state index contributed by atoms with van der Waals surface area (Å²) in [6, 6.07) is 19.4. The summed E-state index contributed by atoms with van der Waals surface area (Å²) < 4.78 is 2.13. The van der Waals surface area contributed by atoms with Gasteiger partial charge in [-0.2, -0.15) is 0 Å². The smallest absolute Gasteiger partial charge is 0.160 e. The summed E-state index contributed by atoms with van der Waals surface area (Å²) in [7, 11) is 0. The van der Waals surface area contributed by atoms with Crippen molar-refractivity contribution < 1.29 is 5.11 Å². The highest BCUT2D eigenvalue weighted by Gasteiger charge is 2.12. The third-order valence-corrected chi connectivity index (χ3v) is 4.16. The highest BCUT2D eigenvalue weighted by atomic mass is 16.3. The third kappa shape index (κ3) is 3.31. The van der Waals surface area contributed by atoms with E-state index in [-0.39, 0.29) is 5.75 Å². The number of aryl methyl sites for hydroxylation is 1. The second kappa shape index (κ2) is 7.83. The van der Waals surface area contributed by atoms with Gasteiger partial charge in [0.2, 0.25) is 0 Å². The van der Waals surface area contributed by atoms with E-state index in [1.807, 2.05) is 38.1 Å². The molecule has 0 amide bonds. The lowest BCUT2D eigenvalue weighted by Gasteiger charge is -2.07. The van der Waals surface area contributed by atoms with E-state index in [0.29, 0.717) is 0 Å². The molecule has 2 aromatic carbocycles. The van der Waals surface area contributed by atoms with Gasteiger partial charge in [-0.25, -0.2) is 9.97 Å². The first kappa shape index (κ1) is 17.7. The van der Waals surface area contributed by atoms with Crippen LogP contribution in [-0.2, 0) is 6.54 Å². The molecule has 132 valence electrons. The van der Waals surface area contributed by atoms with Crippen LogP contribution in [0.2, 0.25) is 0 Å². The van der Waals surface area contributed by atoms with Gasteiger partial charge in [0.1, 0.15) is 17.1 Å². The molecule has 0 unspecified atom stereocenters. The van der Waals surface area contributed by atoms with Crippen molar-refractivity contribution in [3.63, 3.8) is 0 Å². The number of benzene rings is 2. The molecular weight excluding hydrogens is 322 g/mol. The maximum absolute atomic E-state index is 9.41. The molecule has 4 heteroatoms. The van der Waals surface area contributed by atoms with Gasteiger partial charge in [0.15, 0.2) is 5.65 Å². The number of imidazole rings is 1. The normalized spacial score (nSPS) is 10.4. The van der Waals surface area contributed by atoms with Crippen LogP contribution in [0.25, 0.3) is 33.7 Å². The molecular formula is C22H23N3O. The molecule has 26 heavy (non-hydrogen) atoms. The van der Waals surface area contributed by atoms with Crippen LogP contribution >= 0.6 is 0 Å². The Kier molecular flexibility index (Phi) is 5.32. The van der Waals surface area contributed by atoms with Gasteiger partial charge >= 0.3 is 0 Å². The first-order chi connectivity index (χ1) is 12.8. The molecule has 0 bridgehead atoms. The number of hydrogen-bond acceptors (Lipinski definition) is 3. The summed E-state index contributed by atoms with van der Waals surface area (Å²) >= 11 is 0. The highest BCUT2D eigenvalue weighted by Crippen LogP contribution is 2.27. The summed E-state index contributed by atoms with van der Waals surface area (Å²) in [5.41, 5.74) is 5.08. The van der Waals surface area contributed by atoms with E-state index in [2.05, 4.69) is 40.7 Å². The van der Waals surface area contributed by atoms with Crippen molar-refractivity contribution in [2.75, 3.05) is 0 Å². The number of nitrogens with zero attached hydrogens (tertiary/aromatic N) is 3. The van der Waals surface area contributed by atoms with Crippen LogP contribution in [0.5, 0.6) is 5.75 Å². The van der Waals surface area contributed by atoms with Gasteiger partial charge in [-0.15, -0.1) is 0 Å². The van der Waals surface area contributed by atoms with E-state index >= 15 is 0 Å². The van der Waals surface area contributed by atoms with Gasteiger partial charge in [0.05, 0.1) is 0 Å². The van der Waals surface area contributed by atoms with E-state index in [9.17, 15) is 5.11 Å². The lowest BCUT2D eigenvalue weighted by molar-refractivity contribution is 0.475. The van der Waals surface area contributed by atoms with E-state index in [4.69, 9.17) is 4.98 Å². The average Bonchev–Trinajstić information content (AvgIpc) is 3.09. The Morgan fingerprint density at radius 1 is 0.846 bits per heavy atom. The van der Waals surface area contributed by atoms with Crippen LogP contribution in [0.15, 0.2) is 66.9 Å². The van der Waals surface area contributed by atoms with Crippen molar-refractivity contribution in [1.29, 1.82) is 0 Å². The maximum Gasteiger partial charge on any atom is 0.160 e. The molecule has 2 aromatic heterocycles. The topological polar surface area (TPSA) is 50.9 Å². The Bertz CT molecular complexity index is 986. The Morgan fingerprint density at radius 3 is 2.04 bits per heavy atom. The Labute approximate surface area is 153 Å². The van der Waals surface area contributed by atoms with Gasteiger partial charge in [0, 0.05) is 18.3 Å². The molecule has 0 fully saturated rings. The number of fused-ring (bicyclic) bond motifs is 1. The monoisotopic (exact) mass is 345 g/mol. The van der Waals surface area contributed by atoms with Gasteiger partial charge in [-0.1, -0.05) is 50.2 Å². The Balaban J connectivity index is 0.000000948. The summed E-state index contributed by atoms with van der Waals surface area (Å²) in [6.45, 7) is 6.92. The van der Waals surface area contributed by atoms with E-state index in [1.165, 1.54) is 0 Å². The number of phenols is 1. The molecule has 0 atom stereocenters. The van der Waals surface area contributed by atoms with E-state index in [0.717, 1.165) is 40.2 Å². The van der Waals surface area contributed by atoms with Crippen molar-refractivity contribution in [3.05, 3.63) is 66.9 Å². The maximum atomic E-state index is 9.41. The quantitative estimate of drug-likeness (QED) is 0.532. The van der Waals surface area contributed by atoms with Gasteiger partial charge in [0.25, 0.3) is 0 Å². The molecule has 2 heterocycles. The number of hydrogen-bond donors (Lipinski definition) is 1. The minimum atomic E-state index is 0.277. The van der Waals surface area contributed by atoms with Crippen LogP contribution < -0.4 is 0 Å². The minimum absolute atomic E-state index is 0.277. The average molecular weight is 345 g/mol. The lowest BCUT2D eigenvalue weighted by atomic mass is 10.0. The van der Waals surface area contributed by atoms with E-state index in [1.54, 1.807) is 18.3 Å². The predicted octanol–water partition coefficient (Wildman–Crippen LogP) is 5.52. The van der Waals surface area contributed by atoms with Gasteiger partial charge in [-0.05, 0) is 42.3 Å². The minimum Gasteiger partial charge on any atom is -0.508 e. The van der Waals surface area contributed by atoms with Crippen molar-refractivity contribution >= 4 is 11.2 Å². The van der Waals surface area contributed by atoms with Gasteiger partial charge < -0.3 is 9.67 Å². The molecule has 0 saturated carbocycles. The zero-order chi connectivity index (χ0) is 18.5. The van der Waals surface area contributed by atoms with Crippen molar-refractivity contribution in [2.45, 2.75) is 27.3 Å². The lowest BCUT2D eigenvalue weighted by Crippen LogP contribution is -1.98. The Hall–Kier alpha value is -3.14. The molecule has 0 saturated heterocycles. The van der Waals surface area contributed by atoms with Crippen LogP contribution in [0.1, 0.15) is 20.8 Å². The number of pyridine rings is 1. The summed E-state index contributed by atoms with van der Waals surface area (Å²) in [5.74, 6) is 1.21. The van der Waals surface area contributed by atoms with Crippen LogP contribution in [-0.4, -0.2) is 19.6 Å². The highest BCUT2D eigenvalue weighted by molar-refractivity contribution is 5.78. The number of rotatable bonds is 3. The van der Waals surface area contributed by atoms with E-state index < -0.39 is 0 Å². The van der Waals surface area contributed by atoms with Crippen LogP contribution in [0.3, 0.4) is 0 Å². The summed E-state index contributed by atoms with van der Waals surface area (Å²) in [6.07, 6.45) is 1.80. The molecule has 0 radical (unpaired) electrons. The zero-order valence-corrected chi connectivity index (χ0v) is 15.3. The second-order valence-electron chi connectivity index (χ2n) is 5.65. The van der Waals surface area contributed by atoms with Crippen LogP contribution in [0, 0.1) is 0 Å². The molecule has 0 aliphatic rings. The fourth-order valence-electron chi connectivity index (χ4n) is 2.94. The fourth-order valence-corrected chi connectivity index (χ4v) is 2.94. The standard InChI is InChI=1S/C20H17N3O.C2H6/c1-2-23-19(22-18-4-3-13-21-20(18)23)16-7-5-14(6-8-16)15-9-11-17(24)12-10-15;1-2/h3-13,24H,2H2,1H3;1-2H3. The van der Waals surface area contributed by atoms with Gasteiger partial charge in [-0.3, -0.25) is 0 Å². The Morgan fingerprint density at radius 2 is 1.42 bits per heavy atom. The molecule has 0 spiro atoms. The molecule has 4 aromatic rings. The first-order valence-corrected chi connectivity index (χ1v) is 8.97. The van der Waals surface area contributed by atoms with Crippen molar-refractivity contribution in [1.82, 2.24) is 14.5 Å². The molecule has 0 aliphatic heterocycles. The molecule has 4 nitrogen and oxygen atoms in total. The van der Waals surface area contributed by atoms with Crippen molar-refractivity contribution in [3.8, 4) is 28.3 Å². The summed E-state index contributed by atoms with van der Waals surface area (Å²) in [4.78, 5) is 9.18. The predicted molar refractivity (Wildman–Crippen MR) is 107 cm³/mol. The SMILES string of the molecule is CC.CCn1c(-c2ccc(-c3ccc(O)cc3)cc2)nc2cccnc21. The number of aromatic nitrogens is 3. The van der Waals surface area contributed by atoms with Crippen molar-refractivity contribution in [2.24, 2.45) is 0 Å². The molecule has 4 rings (SSSR count). The summed E-state index contributed by atoms with van der Waals surface area (Å²) in [5, 5.41) is 9.41. The third-order valence-electron chi connectivity index (χ3n) is 4.16. The molecule has 1 N–H and O–H groups in total. The number of aromatic hydroxyl groups is 1. The number of phenolic OH excluding ortho intramolecular Hbond substituents is 1. The zero-order valence-electron chi connectivity index (χ0n) is 15.3.